The van der Waals surface area contributed by atoms with Crippen LogP contribution in [0.25, 0.3) is 0 Å². The first-order valence-electron chi connectivity index (χ1n) is 7.57. The van der Waals surface area contributed by atoms with Crippen LogP contribution < -0.4 is 0 Å². The summed E-state index contributed by atoms with van der Waals surface area (Å²) in [5.74, 6) is 0. The Morgan fingerprint density at radius 2 is 0.810 bits per heavy atom. The van der Waals surface area contributed by atoms with Crippen LogP contribution in [0.1, 0.15) is 51.4 Å². The molecule has 2 saturated heterocycles. The van der Waals surface area contributed by atoms with Crippen molar-refractivity contribution in [2.24, 2.45) is 0 Å². The third-order valence-corrected chi connectivity index (χ3v) is 4.84. The summed E-state index contributed by atoms with van der Waals surface area (Å²) in [4.78, 5) is 4.37. The minimum atomic E-state index is 0. The SMILES string of the molecule is [Co+2].[S-]C(=[SH+])N1CCCCCC1.[S-]C(=[SH+])N1CCCCCC1. The van der Waals surface area contributed by atoms with Gasteiger partial charge in [0, 0.05) is 26.2 Å². The van der Waals surface area contributed by atoms with Crippen molar-refractivity contribution >= 4 is 58.3 Å². The Morgan fingerprint density at radius 3 is 1.00 bits per heavy atom. The van der Waals surface area contributed by atoms with Gasteiger partial charge in [-0.15, -0.1) is 0 Å². The monoisotopic (exact) mass is 409 g/mol. The third kappa shape index (κ3) is 10.7. The second-order valence-electron chi connectivity index (χ2n) is 5.37. The first kappa shape index (κ1) is 22.3. The predicted octanol–water partition coefficient (Wildman–Crippen LogP) is 1.55. The number of hydrogen-bond donors (Lipinski definition) is 0. The largest absolute Gasteiger partial charge is 2.00 e. The van der Waals surface area contributed by atoms with Crippen LogP contribution >= 0.6 is 0 Å². The smallest absolute Gasteiger partial charge is 0.680 e. The molecule has 2 aliphatic rings. The Hall–Kier alpha value is 1.31. The molecular formula is C14H26CoN2S4+2. The van der Waals surface area contributed by atoms with Crippen molar-refractivity contribution in [3.8, 4) is 0 Å². The molecule has 2 aliphatic heterocycles. The molecule has 21 heavy (non-hydrogen) atoms. The van der Waals surface area contributed by atoms with Crippen LogP contribution in [0.3, 0.4) is 0 Å². The van der Waals surface area contributed by atoms with E-state index in [0.29, 0.717) is 0 Å². The van der Waals surface area contributed by atoms with E-state index in [1.807, 2.05) is 0 Å². The molecule has 0 amide bonds. The van der Waals surface area contributed by atoms with Gasteiger partial charge in [0.2, 0.25) is 0 Å². The van der Waals surface area contributed by atoms with Crippen molar-refractivity contribution in [1.82, 2.24) is 9.80 Å². The molecule has 0 atom stereocenters. The van der Waals surface area contributed by atoms with E-state index < -0.39 is 0 Å². The van der Waals surface area contributed by atoms with Gasteiger partial charge in [-0.25, -0.2) is 0 Å². The molecule has 0 unspecified atom stereocenters. The number of rotatable bonds is 0. The molecule has 1 radical (unpaired) electrons. The molecule has 2 heterocycles. The minimum Gasteiger partial charge on any atom is -0.680 e. The molecule has 2 nitrogen and oxygen atoms in total. The average Bonchev–Trinajstić information content (AvgIpc) is 2.84. The molecule has 0 aromatic heterocycles. The van der Waals surface area contributed by atoms with E-state index >= 15 is 0 Å². The zero-order valence-electron chi connectivity index (χ0n) is 12.4. The van der Waals surface area contributed by atoms with E-state index in [1.54, 1.807) is 0 Å². The molecule has 0 aliphatic carbocycles. The van der Waals surface area contributed by atoms with E-state index in [4.69, 9.17) is 25.3 Å². The Morgan fingerprint density at radius 1 is 0.571 bits per heavy atom. The molecule has 0 spiro atoms. The normalized spacial score (nSPS) is 21.0. The molecule has 2 fully saturated rings. The molecule has 123 valence electrons. The maximum Gasteiger partial charge on any atom is 2.00 e. The maximum atomic E-state index is 4.97. The molecule has 2 rings (SSSR count). The van der Waals surface area contributed by atoms with Crippen molar-refractivity contribution in [3.63, 3.8) is 0 Å². The Kier molecular flexibility index (Phi) is 14.6. The first-order valence-corrected chi connectivity index (χ1v) is 9.28. The fraction of sp³-hybridized carbons (Fsp3) is 0.857. The first-order chi connectivity index (χ1) is 9.61. The van der Waals surface area contributed by atoms with E-state index in [0.717, 1.165) is 34.8 Å². The van der Waals surface area contributed by atoms with Crippen molar-refractivity contribution in [2.45, 2.75) is 51.4 Å². The standard InChI is InChI=1S/2C7H13NS2.Co/c2*9-7(10)8-5-3-1-2-4-6-8;/h2*1-6H2,(H,9,10);/q;;+2. The number of nitrogens with zero attached hydrogens (tertiary/aromatic N) is 2. The number of likely N-dealkylation sites (tertiary alicyclic amines) is 2. The topological polar surface area (TPSA) is 6.48 Å². The van der Waals surface area contributed by atoms with Gasteiger partial charge in [0.25, 0.3) is 0 Å². The van der Waals surface area contributed by atoms with E-state index in [9.17, 15) is 0 Å². The zero-order chi connectivity index (χ0) is 14.8. The molecule has 7 heteroatoms. The Bertz CT molecular complexity index is 269. The van der Waals surface area contributed by atoms with Crippen molar-refractivity contribution in [2.75, 3.05) is 26.2 Å². The van der Waals surface area contributed by atoms with E-state index in [2.05, 4.69) is 34.2 Å². The zero-order valence-corrected chi connectivity index (χ0v) is 16.9. The van der Waals surface area contributed by atoms with Gasteiger partial charge in [-0.2, -0.15) is 0 Å². The molecule has 0 aromatic rings. The van der Waals surface area contributed by atoms with Crippen LogP contribution in [0.2, 0.25) is 0 Å². The van der Waals surface area contributed by atoms with E-state index in [1.165, 1.54) is 51.4 Å². The third-order valence-electron chi connectivity index (χ3n) is 3.75. The van der Waals surface area contributed by atoms with Crippen LogP contribution in [0.15, 0.2) is 0 Å². The van der Waals surface area contributed by atoms with Gasteiger partial charge < -0.3 is 25.3 Å². The number of hydrogen-bond acceptors (Lipinski definition) is 2. The van der Waals surface area contributed by atoms with Crippen molar-refractivity contribution in [1.29, 1.82) is 0 Å². The second kappa shape index (κ2) is 13.7. The fourth-order valence-corrected chi connectivity index (χ4v) is 3.29. The van der Waals surface area contributed by atoms with Gasteiger partial charge in [-0.3, -0.25) is 9.80 Å². The van der Waals surface area contributed by atoms with E-state index in [-0.39, 0.29) is 16.8 Å². The van der Waals surface area contributed by atoms with Gasteiger partial charge >= 0.3 is 16.8 Å². The number of thiol groups is 2. The molecule has 0 aromatic carbocycles. The van der Waals surface area contributed by atoms with Gasteiger partial charge in [-0.1, -0.05) is 25.7 Å². The minimum absolute atomic E-state index is 0. The molecular weight excluding hydrogens is 383 g/mol. The second-order valence-corrected chi connectivity index (χ2v) is 7.59. The van der Waals surface area contributed by atoms with Crippen LogP contribution in [0.4, 0.5) is 0 Å². The van der Waals surface area contributed by atoms with Gasteiger partial charge in [0.1, 0.15) is 33.1 Å². The van der Waals surface area contributed by atoms with Crippen molar-refractivity contribution < 1.29 is 16.8 Å². The summed E-state index contributed by atoms with van der Waals surface area (Å²) >= 11 is 18.2. The van der Waals surface area contributed by atoms with Gasteiger partial charge in [0.15, 0.2) is 0 Å². The van der Waals surface area contributed by atoms with Crippen LogP contribution in [-0.2, 0) is 66.5 Å². The van der Waals surface area contributed by atoms with Gasteiger partial charge in [-0.05, 0) is 25.7 Å². The van der Waals surface area contributed by atoms with Crippen molar-refractivity contribution in [3.05, 3.63) is 0 Å². The summed E-state index contributed by atoms with van der Waals surface area (Å²) in [7, 11) is 0. The Labute approximate surface area is 161 Å². The molecule has 0 N–H and O–H groups in total. The fourth-order valence-electron chi connectivity index (χ4n) is 2.52. The molecule has 0 bridgehead atoms. The van der Waals surface area contributed by atoms with Crippen LogP contribution in [0.5, 0.6) is 0 Å². The summed E-state index contributed by atoms with van der Waals surface area (Å²) in [6, 6.07) is 0. The maximum absolute atomic E-state index is 4.97. The summed E-state index contributed by atoms with van der Waals surface area (Å²) in [5.41, 5.74) is 0. The summed E-state index contributed by atoms with van der Waals surface area (Å²) in [5, 5.41) is 0. The summed E-state index contributed by atoms with van der Waals surface area (Å²) in [6.45, 7) is 4.45. The van der Waals surface area contributed by atoms with Crippen LogP contribution in [-0.4, -0.2) is 44.6 Å². The predicted molar refractivity (Wildman–Crippen MR) is 102 cm³/mol. The summed E-state index contributed by atoms with van der Waals surface area (Å²) in [6.07, 6.45) is 10.5. The summed E-state index contributed by atoms with van der Waals surface area (Å²) < 4.78 is 1.53. The van der Waals surface area contributed by atoms with Crippen LogP contribution in [0, 0.1) is 0 Å². The van der Waals surface area contributed by atoms with Gasteiger partial charge in [0.05, 0.1) is 0 Å². The quantitative estimate of drug-likeness (QED) is 0.259. The Balaban J connectivity index is 0.000000364. The molecule has 0 saturated carbocycles. The average molecular weight is 410 g/mol.